The molecule has 4 nitrogen and oxygen atoms in total. The number of rotatable bonds is 4. The topological polar surface area (TPSA) is 46.9 Å². The minimum atomic E-state index is 0.144. The fourth-order valence-electron chi connectivity index (χ4n) is 4.32. The quantitative estimate of drug-likeness (QED) is 0.943. The Morgan fingerprint density at radius 3 is 2.87 bits per heavy atom. The van der Waals surface area contributed by atoms with Gasteiger partial charge < -0.3 is 5.32 Å². The van der Waals surface area contributed by atoms with Crippen LogP contribution in [0.15, 0.2) is 18.3 Å². The Bertz CT molecular complexity index is 742. The number of fused-ring (bicyclic) bond motifs is 1. The molecule has 1 aromatic heterocycles. The number of hydrogen-bond acceptors (Lipinski definition) is 2. The summed E-state index contributed by atoms with van der Waals surface area (Å²) in [7, 11) is 3.74. The standard InChI is InChI=1S/C19H25N3O/c1-20-19(23)16-10-15(16)14-8-13(7-12-5-3-4-6-12)9-18-17(14)11-21-22(18)2/h8-9,11-12,15-16H,3-7,10H2,1-2H3,(H,20,23)/t15-,16+/m0/s1. The van der Waals surface area contributed by atoms with Gasteiger partial charge in [0.1, 0.15) is 0 Å². The Morgan fingerprint density at radius 2 is 2.13 bits per heavy atom. The number of benzene rings is 1. The van der Waals surface area contributed by atoms with Crippen LogP contribution in [0.1, 0.15) is 49.1 Å². The lowest BCUT2D eigenvalue weighted by Gasteiger charge is -2.12. The second-order valence-corrected chi connectivity index (χ2v) is 7.30. The molecule has 1 N–H and O–H groups in total. The molecule has 2 aromatic rings. The largest absolute Gasteiger partial charge is 0.359 e. The normalized spacial score (nSPS) is 24.3. The van der Waals surface area contributed by atoms with E-state index in [1.54, 1.807) is 7.05 Å². The van der Waals surface area contributed by atoms with Gasteiger partial charge in [-0.2, -0.15) is 5.10 Å². The lowest BCUT2D eigenvalue weighted by atomic mass is 9.93. The van der Waals surface area contributed by atoms with Crippen LogP contribution in [-0.2, 0) is 18.3 Å². The first-order chi connectivity index (χ1) is 11.2. The molecule has 2 saturated carbocycles. The molecule has 1 aromatic carbocycles. The van der Waals surface area contributed by atoms with Crippen molar-refractivity contribution in [2.75, 3.05) is 7.05 Å². The van der Waals surface area contributed by atoms with Crippen LogP contribution < -0.4 is 5.32 Å². The third-order valence-corrected chi connectivity index (χ3v) is 5.73. The molecule has 1 amide bonds. The first kappa shape index (κ1) is 14.7. The van der Waals surface area contributed by atoms with Crippen LogP contribution in [0.25, 0.3) is 10.9 Å². The Kier molecular flexibility index (Phi) is 3.63. The molecule has 0 radical (unpaired) electrons. The first-order valence-corrected chi connectivity index (χ1v) is 8.83. The molecule has 2 aliphatic rings. The zero-order chi connectivity index (χ0) is 16.0. The molecule has 0 saturated heterocycles. The van der Waals surface area contributed by atoms with Gasteiger partial charge in [-0.1, -0.05) is 31.7 Å². The van der Waals surface area contributed by atoms with E-state index >= 15 is 0 Å². The third-order valence-electron chi connectivity index (χ3n) is 5.73. The lowest BCUT2D eigenvalue weighted by Crippen LogP contribution is -2.20. The third kappa shape index (κ3) is 2.64. The van der Waals surface area contributed by atoms with Crippen molar-refractivity contribution < 1.29 is 4.79 Å². The average molecular weight is 311 g/mol. The summed E-state index contributed by atoms with van der Waals surface area (Å²) in [5.41, 5.74) is 3.96. The predicted molar refractivity (Wildman–Crippen MR) is 91.3 cm³/mol. The minimum Gasteiger partial charge on any atom is -0.359 e. The molecule has 4 rings (SSSR count). The van der Waals surface area contributed by atoms with Crippen LogP contribution in [0.5, 0.6) is 0 Å². The van der Waals surface area contributed by atoms with E-state index < -0.39 is 0 Å². The van der Waals surface area contributed by atoms with Gasteiger partial charge in [-0.15, -0.1) is 0 Å². The molecule has 122 valence electrons. The molecular weight excluding hydrogens is 286 g/mol. The molecule has 4 heteroatoms. The predicted octanol–water partition coefficient (Wildman–Crippen LogP) is 3.16. The summed E-state index contributed by atoms with van der Waals surface area (Å²) in [4.78, 5) is 11.9. The Morgan fingerprint density at radius 1 is 1.35 bits per heavy atom. The zero-order valence-corrected chi connectivity index (χ0v) is 14.0. The van der Waals surface area contributed by atoms with E-state index in [1.165, 1.54) is 54.1 Å². The van der Waals surface area contributed by atoms with Gasteiger partial charge in [-0.3, -0.25) is 9.48 Å². The van der Waals surface area contributed by atoms with Crippen molar-refractivity contribution in [3.05, 3.63) is 29.5 Å². The van der Waals surface area contributed by atoms with Crippen molar-refractivity contribution >= 4 is 16.8 Å². The fourth-order valence-corrected chi connectivity index (χ4v) is 4.32. The Balaban J connectivity index is 1.69. The SMILES string of the molecule is CNC(=O)[C@@H]1C[C@H]1c1cc(CC2CCCC2)cc2c1cnn2C. The molecule has 0 spiro atoms. The maximum Gasteiger partial charge on any atom is 0.223 e. The summed E-state index contributed by atoms with van der Waals surface area (Å²) in [6, 6.07) is 4.66. The summed E-state index contributed by atoms with van der Waals surface area (Å²) in [5, 5.41) is 8.46. The van der Waals surface area contributed by atoms with Gasteiger partial charge in [0.25, 0.3) is 0 Å². The number of carbonyl (C=O) groups is 1. The van der Waals surface area contributed by atoms with Gasteiger partial charge in [0.15, 0.2) is 0 Å². The molecule has 0 unspecified atom stereocenters. The number of nitrogens with zero attached hydrogens (tertiary/aromatic N) is 2. The number of aromatic nitrogens is 2. The summed E-state index contributed by atoms with van der Waals surface area (Å²) in [5.74, 6) is 1.52. The van der Waals surface area contributed by atoms with Crippen molar-refractivity contribution in [3.8, 4) is 0 Å². The average Bonchev–Trinajstić information content (AvgIpc) is 3.03. The summed E-state index contributed by atoms with van der Waals surface area (Å²) in [6.07, 6.45) is 9.59. The molecule has 2 atom stereocenters. The van der Waals surface area contributed by atoms with Crippen molar-refractivity contribution in [2.45, 2.75) is 44.4 Å². The number of carbonyl (C=O) groups excluding carboxylic acids is 1. The van der Waals surface area contributed by atoms with Crippen LogP contribution in [0.2, 0.25) is 0 Å². The molecular formula is C19H25N3O. The highest BCUT2D eigenvalue weighted by molar-refractivity contribution is 5.88. The summed E-state index contributed by atoms with van der Waals surface area (Å²) in [6.45, 7) is 0. The monoisotopic (exact) mass is 311 g/mol. The number of hydrogen-bond donors (Lipinski definition) is 1. The van der Waals surface area contributed by atoms with E-state index in [-0.39, 0.29) is 11.8 Å². The minimum absolute atomic E-state index is 0.144. The van der Waals surface area contributed by atoms with E-state index in [4.69, 9.17) is 0 Å². The fraction of sp³-hybridized carbons (Fsp3) is 0.579. The number of aryl methyl sites for hydroxylation is 1. The zero-order valence-electron chi connectivity index (χ0n) is 14.0. The summed E-state index contributed by atoms with van der Waals surface area (Å²) < 4.78 is 1.97. The van der Waals surface area contributed by atoms with E-state index in [9.17, 15) is 4.79 Å². The van der Waals surface area contributed by atoms with Gasteiger partial charge in [0.05, 0.1) is 11.7 Å². The van der Waals surface area contributed by atoms with Gasteiger partial charge in [0, 0.05) is 25.4 Å². The first-order valence-electron chi connectivity index (χ1n) is 8.83. The number of amides is 1. The van der Waals surface area contributed by atoms with Crippen LogP contribution in [0, 0.1) is 11.8 Å². The van der Waals surface area contributed by atoms with Gasteiger partial charge in [0.2, 0.25) is 5.91 Å². The van der Waals surface area contributed by atoms with Crippen molar-refractivity contribution in [1.29, 1.82) is 0 Å². The smallest absolute Gasteiger partial charge is 0.223 e. The van der Waals surface area contributed by atoms with Crippen molar-refractivity contribution in [3.63, 3.8) is 0 Å². The van der Waals surface area contributed by atoms with Gasteiger partial charge in [-0.25, -0.2) is 0 Å². The van der Waals surface area contributed by atoms with Crippen molar-refractivity contribution in [2.24, 2.45) is 18.9 Å². The lowest BCUT2D eigenvalue weighted by molar-refractivity contribution is -0.121. The van der Waals surface area contributed by atoms with Crippen LogP contribution in [0.3, 0.4) is 0 Å². The van der Waals surface area contributed by atoms with Gasteiger partial charge in [-0.05, 0) is 41.9 Å². The van der Waals surface area contributed by atoms with E-state index in [2.05, 4.69) is 22.5 Å². The molecule has 2 fully saturated rings. The summed E-state index contributed by atoms with van der Waals surface area (Å²) >= 11 is 0. The second kappa shape index (κ2) is 5.66. The highest BCUT2D eigenvalue weighted by Crippen LogP contribution is 2.50. The molecule has 0 aliphatic heterocycles. The second-order valence-electron chi connectivity index (χ2n) is 7.30. The van der Waals surface area contributed by atoms with E-state index in [0.717, 1.165) is 12.3 Å². The Hall–Kier alpha value is -1.84. The van der Waals surface area contributed by atoms with Crippen LogP contribution in [-0.4, -0.2) is 22.7 Å². The maximum absolute atomic E-state index is 11.9. The highest BCUT2D eigenvalue weighted by atomic mass is 16.1. The highest BCUT2D eigenvalue weighted by Gasteiger charge is 2.44. The molecule has 2 aliphatic carbocycles. The van der Waals surface area contributed by atoms with E-state index in [0.29, 0.717) is 5.92 Å². The van der Waals surface area contributed by atoms with Crippen LogP contribution >= 0.6 is 0 Å². The van der Waals surface area contributed by atoms with Crippen molar-refractivity contribution in [1.82, 2.24) is 15.1 Å². The maximum atomic E-state index is 11.9. The van der Waals surface area contributed by atoms with Gasteiger partial charge >= 0.3 is 0 Å². The van der Waals surface area contributed by atoms with Crippen LogP contribution in [0.4, 0.5) is 0 Å². The number of nitrogens with one attached hydrogen (secondary N) is 1. The van der Waals surface area contributed by atoms with E-state index in [1.807, 2.05) is 17.9 Å². The molecule has 0 bridgehead atoms. The Labute approximate surface area is 137 Å². The molecule has 23 heavy (non-hydrogen) atoms. The molecule has 1 heterocycles.